The summed E-state index contributed by atoms with van der Waals surface area (Å²) in [6.07, 6.45) is 2.88. The Morgan fingerprint density at radius 2 is 2.03 bits per heavy atom. The van der Waals surface area contributed by atoms with E-state index in [-0.39, 0.29) is 29.8 Å². The van der Waals surface area contributed by atoms with Gasteiger partial charge in [0.1, 0.15) is 17.3 Å². The van der Waals surface area contributed by atoms with Crippen LogP contribution in [0.4, 0.5) is 0 Å². The topological polar surface area (TPSA) is 109 Å². The van der Waals surface area contributed by atoms with Crippen LogP contribution in [-0.4, -0.2) is 73.8 Å². The van der Waals surface area contributed by atoms with Crippen LogP contribution in [0.2, 0.25) is 0 Å². The molecule has 1 saturated heterocycles. The van der Waals surface area contributed by atoms with Gasteiger partial charge in [0, 0.05) is 32.4 Å². The number of benzene rings is 1. The van der Waals surface area contributed by atoms with Crippen molar-refractivity contribution < 1.29 is 22.7 Å². The van der Waals surface area contributed by atoms with E-state index in [2.05, 4.69) is 10.3 Å². The normalized spacial score (nSPS) is 16.7. The van der Waals surface area contributed by atoms with Gasteiger partial charge in [-0.05, 0) is 24.3 Å². The van der Waals surface area contributed by atoms with Crippen molar-refractivity contribution in [3.8, 4) is 5.75 Å². The van der Waals surface area contributed by atoms with E-state index >= 15 is 0 Å². The molecular formula is C20H24N4O5S. The summed E-state index contributed by atoms with van der Waals surface area (Å²) in [6, 6.07) is 11.9. The number of pyridine rings is 1. The molecule has 1 aliphatic rings. The number of hydrogen-bond acceptors (Lipinski definition) is 6. The summed E-state index contributed by atoms with van der Waals surface area (Å²) in [6.45, 7) is 0.777. The van der Waals surface area contributed by atoms with Crippen molar-refractivity contribution in [1.82, 2.24) is 19.5 Å². The van der Waals surface area contributed by atoms with Gasteiger partial charge in [-0.25, -0.2) is 8.42 Å². The molecule has 2 heterocycles. The number of ether oxygens (including phenoxy) is 1. The molecule has 9 nitrogen and oxygen atoms in total. The van der Waals surface area contributed by atoms with E-state index in [0.29, 0.717) is 19.7 Å². The van der Waals surface area contributed by atoms with Gasteiger partial charge < -0.3 is 15.0 Å². The summed E-state index contributed by atoms with van der Waals surface area (Å²) < 4.78 is 31.5. The van der Waals surface area contributed by atoms with Crippen LogP contribution in [0.25, 0.3) is 0 Å². The molecule has 1 atom stereocenters. The van der Waals surface area contributed by atoms with Crippen molar-refractivity contribution in [2.45, 2.75) is 17.4 Å². The van der Waals surface area contributed by atoms with E-state index in [4.69, 9.17) is 4.74 Å². The second-order valence-corrected chi connectivity index (χ2v) is 8.96. The number of likely N-dealkylation sites (tertiary alicyclic amines) is 1. The first-order chi connectivity index (χ1) is 14.4. The molecule has 0 bridgehead atoms. The maximum absolute atomic E-state index is 12.5. The van der Waals surface area contributed by atoms with E-state index in [1.165, 1.54) is 31.6 Å². The third-order valence-electron chi connectivity index (χ3n) is 4.66. The average molecular weight is 433 g/mol. The first kappa shape index (κ1) is 21.7. The molecule has 3 rings (SSSR count). The third-order valence-corrected chi connectivity index (χ3v) is 6.45. The SMILES string of the molecule is CN(CC(=O)N[C@@H]1CC(=O)N(CCOc2ccccc2)C1)S(=O)(=O)c1cccnc1. The molecule has 1 N–H and O–H groups in total. The van der Waals surface area contributed by atoms with Gasteiger partial charge >= 0.3 is 0 Å². The lowest BCUT2D eigenvalue weighted by Crippen LogP contribution is -2.43. The number of amides is 2. The number of hydrogen-bond donors (Lipinski definition) is 1. The first-order valence-corrected chi connectivity index (χ1v) is 10.9. The lowest BCUT2D eigenvalue weighted by atomic mass is 10.2. The van der Waals surface area contributed by atoms with Gasteiger partial charge in [-0.3, -0.25) is 14.6 Å². The number of sulfonamides is 1. The second kappa shape index (κ2) is 9.68. The van der Waals surface area contributed by atoms with Gasteiger partial charge in [-0.15, -0.1) is 0 Å². The highest BCUT2D eigenvalue weighted by molar-refractivity contribution is 7.89. The van der Waals surface area contributed by atoms with Gasteiger partial charge in [0.25, 0.3) is 0 Å². The fraction of sp³-hybridized carbons (Fsp3) is 0.350. The lowest BCUT2D eigenvalue weighted by Gasteiger charge is -2.19. The van der Waals surface area contributed by atoms with E-state index in [1.54, 1.807) is 4.90 Å². The molecule has 0 saturated carbocycles. The smallest absolute Gasteiger partial charge is 0.244 e. The van der Waals surface area contributed by atoms with Crippen LogP contribution in [0.3, 0.4) is 0 Å². The highest BCUT2D eigenvalue weighted by Gasteiger charge is 2.31. The maximum atomic E-state index is 12.5. The van der Waals surface area contributed by atoms with E-state index in [9.17, 15) is 18.0 Å². The fourth-order valence-corrected chi connectivity index (χ4v) is 4.21. The summed E-state index contributed by atoms with van der Waals surface area (Å²) in [5, 5.41) is 2.74. The number of likely N-dealkylation sites (N-methyl/N-ethyl adjacent to an activating group) is 1. The highest BCUT2D eigenvalue weighted by Crippen LogP contribution is 2.14. The Morgan fingerprint density at radius 1 is 1.27 bits per heavy atom. The molecule has 2 amide bonds. The Balaban J connectivity index is 1.46. The molecule has 0 unspecified atom stereocenters. The van der Waals surface area contributed by atoms with E-state index in [0.717, 1.165) is 10.1 Å². The van der Waals surface area contributed by atoms with Crippen molar-refractivity contribution >= 4 is 21.8 Å². The Labute approximate surface area is 175 Å². The fourth-order valence-electron chi connectivity index (χ4n) is 3.12. The van der Waals surface area contributed by atoms with Gasteiger partial charge in [0.15, 0.2) is 0 Å². The molecule has 2 aromatic rings. The quantitative estimate of drug-likeness (QED) is 0.618. The Morgan fingerprint density at radius 3 is 2.73 bits per heavy atom. The molecule has 160 valence electrons. The summed E-state index contributed by atoms with van der Waals surface area (Å²) in [4.78, 5) is 29.9. The van der Waals surface area contributed by atoms with Crippen molar-refractivity contribution in [3.63, 3.8) is 0 Å². The molecule has 10 heteroatoms. The second-order valence-electron chi connectivity index (χ2n) is 6.92. The molecule has 0 aliphatic carbocycles. The Bertz CT molecular complexity index is 969. The molecule has 1 fully saturated rings. The van der Waals surface area contributed by atoms with E-state index in [1.807, 2.05) is 30.3 Å². The number of nitrogens with zero attached hydrogens (tertiary/aromatic N) is 3. The molecule has 30 heavy (non-hydrogen) atoms. The minimum absolute atomic E-state index is 0.0148. The summed E-state index contributed by atoms with van der Waals surface area (Å²) in [5.74, 6) is 0.185. The van der Waals surface area contributed by atoms with E-state index < -0.39 is 15.9 Å². The number of nitrogens with one attached hydrogen (secondary N) is 1. The number of aromatic nitrogens is 1. The summed E-state index contributed by atoms with van der Waals surface area (Å²) >= 11 is 0. The average Bonchev–Trinajstić information content (AvgIpc) is 3.08. The largest absolute Gasteiger partial charge is 0.492 e. The van der Waals surface area contributed by atoms with Crippen LogP contribution in [0.15, 0.2) is 59.8 Å². The van der Waals surface area contributed by atoms with Gasteiger partial charge in [-0.2, -0.15) is 4.31 Å². The van der Waals surface area contributed by atoms with Crippen LogP contribution >= 0.6 is 0 Å². The first-order valence-electron chi connectivity index (χ1n) is 9.47. The minimum Gasteiger partial charge on any atom is -0.492 e. The zero-order chi connectivity index (χ0) is 21.6. The lowest BCUT2D eigenvalue weighted by molar-refractivity contribution is -0.128. The molecule has 1 aromatic carbocycles. The summed E-state index contributed by atoms with van der Waals surface area (Å²) in [7, 11) is -2.48. The van der Waals surface area contributed by atoms with Crippen LogP contribution < -0.4 is 10.1 Å². The minimum atomic E-state index is -3.81. The monoisotopic (exact) mass is 432 g/mol. The third kappa shape index (κ3) is 5.55. The van der Waals surface area contributed by atoms with Crippen LogP contribution in [-0.2, 0) is 19.6 Å². The number of carbonyl (C=O) groups excluding carboxylic acids is 2. The predicted molar refractivity (Wildman–Crippen MR) is 109 cm³/mol. The van der Waals surface area contributed by atoms with Crippen LogP contribution in [0.1, 0.15) is 6.42 Å². The molecule has 0 spiro atoms. The van der Waals surface area contributed by atoms with Crippen LogP contribution in [0.5, 0.6) is 5.75 Å². The number of carbonyl (C=O) groups is 2. The van der Waals surface area contributed by atoms with Gasteiger partial charge in [-0.1, -0.05) is 18.2 Å². The van der Waals surface area contributed by atoms with Crippen molar-refractivity contribution in [1.29, 1.82) is 0 Å². The Hall–Kier alpha value is -2.98. The highest BCUT2D eigenvalue weighted by atomic mass is 32.2. The van der Waals surface area contributed by atoms with Gasteiger partial charge in [0.05, 0.1) is 19.1 Å². The zero-order valence-corrected chi connectivity index (χ0v) is 17.4. The number of rotatable bonds is 9. The summed E-state index contributed by atoms with van der Waals surface area (Å²) in [5.41, 5.74) is 0. The molecule has 1 aliphatic heterocycles. The zero-order valence-electron chi connectivity index (χ0n) is 16.6. The molecule has 0 radical (unpaired) electrons. The van der Waals surface area contributed by atoms with Crippen LogP contribution in [0, 0.1) is 0 Å². The predicted octanol–water partition coefficient (Wildman–Crippen LogP) is 0.498. The molecule has 1 aromatic heterocycles. The number of para-hydroxylation sites is 1. The van der Waals surface area contributed by atoms with Gasteiger partial charge in [0.2, 0.25) is 21.8 Å². The maximum Gasteiger partial charge on any atom is 0.244 e. The molecular weight excluding hydrogens is 408 g/mol. The van der Waals surface area contributed by atoms with Crippen molar-refractivity contribution in [2.75, 3.05) is 33.3 Å². The Kier molecular flexibility index (Phi) is 7.01. The van der Waals surface area contributed by atoms with Crippen molar-refractivity contribution in [3.05, 3.63) is 54.9 Å². The van der Waals surface area contributed by atoms with Crippen molar-refractivity contribution in [2.24, 2.45) is 0 Å². The standard InChI is InChI=1S/C20H24N4O5S/c1-23(30(27,28)18-8-5-9-21-13-18)15-19(25)22-16-12-20(26)24(14-16)10-11-29-17-6-3-2-4-7-17/h2-9,13,16H,10-12,14-15H2,1H3,(H,22,25)/t16-/m1/s1.